The van der Waals surface area contributed by atoms with Crippen LogP contribution in [0.1, 0.15) is 31.4 Å². The molecule has 2 aromatic rings. The van der Waals surface area contributed by atoms with E-state index in [-0.39, 0.29) is 5.92 Å². The van der Waals surface area contributed by atoms with Gasteiger partial charge in [0.15, 0.2) is 17.1 Å². The molecule has 5 heteroatoms. The van der Waals surface area contributed by atoms with E-state index >= 15 is 0 Å². The molecule has 2 heterocycles. The molecule has 0 atom stereocenters. The van der Waals surface area contributed by atoms with E-state index in [2.05, 4.69) is 15.1 Å². The zero-order chi connectivity index (χ0) is 10.3. The number of hydrogen-bond donors (Lipinski definition) is 1. The average Bonchev–Trinajstić information content (AvgIpc) is 2.47. The number of nitrogen functional groups attached to an aromatic ring is 1. The molecule has 5 nitrogen and oxygen atoms in total. The molecule has 0 saturated heterocycles. The summed E-state index contributed by atoms with van der Waals surface area (Å²) in [6.45, 7) is 5.84. The largest absolute Gasteiger partial charge is 0.382 e. The van der Waals surface area contributed by atoms with Gasteiger partial charge in [-0.05, 0) is 6.92 Å². The monoisotopic (exact) mass is 192 g/mol. The van der Waals surface area contributed by atoms with Crippen molar-refractivity contribution >= 4 is 16.9 Å². The van der Waals surface area contributed by atoms with Crippen LogP contribution in [0, 0.1) is 6.92 Å². The van der Waals surface area contributed by atoms with E-state index in [1.807, 2.05) is 13.8 Å². The third-order valence-electron chi connectivity index (χ3n) is 2.02. The summed E-state index contributed by atoms with van der Waals surface area (Å²) in [6.07, 6.45) is 0. The molecule has 0 unspecified atom stereocenters. The fourth-order valence-electron chi connectivity index (χ4n) is 1.37. The van der Waals surface area contributed by atoms with Crippen LogP contribution in [0.2, 0.25) is 0 Å². The highest BCUT2D eigenvalue weighted by molar-refractivity contribution is 5.85. The normalized spacial score (nSPS) is 11.4. The van der Waals surface area contributed by atoms with Gasteiger partial charge in [0.25, 0.3) is 0 Å². The van der Waals surface area contributed by atoms with Crippen molar-refractivity contribution in [2.75, 3.05) is 5.73 Å². The Morgan fingerprint density at radius 1 is 1.21 bits per heavy atom. The van der Waals surface area contributed by atoms with E-state index < -0.39 is 0 Å². The van der Waals surface area contributed by atoms with Gasteiger partial charge in [0, 0.05) is 5.92 Å². The summed E-state index contributed by atoms with van der Waals surface area (Å²) in [6, 6.07) is 0. The first-order valence-corrected chi connectivity index (χ1v) is 4.49. The van der Waals surface area contributed by atoms with Gasteiger partial charge in [-0.3, -0.25) is 0 Å². The predicted molar refractivity (Wildman–Crippen MR) is 52.8 cm³/mol. The highest BCUT2D eigenvalue weighted by Crippen LogP contribution is 2.25. The Labute approximate surface area is 81.3 Å². The van der Waals surface area contributed by atoms with Crippen LogP contribution in [0.25, 0.3) is 11.0 Å². The van der Waals surface area contributed by atoms with Gasteiger partial charge < -0.3 is 10.3 Å². The number of fused-ring (bicyclic) bond motifs is 1. The van der Waals surface area contributed by atoms with Gasteiger partial charge in [-0.15, -0.1) is 0 Å². The molecule has 0 aromatic carbocycles. The van der Waals surface area contributed by atoms with Crippen molar-refractivity contribution in [1.29, 1.82) is 0 Å². The van der Waals surface area contributed by atoms with Crippen LogP contribution in [0.15, 0.2) is 4.52 Å². The first-order valence-electron chi connectivity index (χ1n) is 4.49. The SMILES string of the molecule is Cc1nc(N)c2noc(C(C)C)c2n1. The molecule has 0 radical (unpaired) electrons. The highest BCUT2D eigenvalue weighted by atomic mass is 16.5. The molecule has 0 bridgehead atoms. The van der Waals surface area contributed by atoms with E-state index in [4.69, 9.17) is 10.3 Å². The van der Waals surface area contributed by atoms with Gasteiger partial charge in [0.2, 0.25) is 0 Å². The predicted octanol–water partition coefficient (Wildman–Crippen LogP) is 1.63. The number of nitrogens with two attached hydrogens (primary N) is 1. The lowest BCUT2D eigenvalue weighted by molar-refractivity contribution is 0.378. The third-order valence-corrected chi connectivity index (χ3v) is 2.02. The maximum Gasteiger partial charge on any atom is 0.174 e. The minimum absolute atomic E-state index is 0.244. The molecule has 0 amide bonds. The summed E-state index contributed by atoms with van der Waals surface area (Å²) in [5.74, 6) is 2.02. The number of aromatic nitrogens is 3. The molecule has 0 fully saturated rings. The van der Waals surface area contributed by atoms with Crippen molar-refractivity contribution in [3.05, 3.63) is 11.6 Å². The van der Waals surface area contributed by atoms with E-state index in [0.29, 0.717) is 17.2 Å². The molecule has 0 aliphatic carbocycles. The topological polar surface area (TPSA) is 77.8 Å². The van der Waals surface area contributed by atoms with E-state index in [1.165, 1.54) is 0 Å². The molecule has 0 spiro atoms. The summed E-state index contributed by atoms with van der Waals surface area (Å²) in [5, 5.41) is 3.86. The average molecular weight is 192 g/mol. The maximum atomic E-state index is 5.70. The van der Waals surface area contributed by atoms with Crippen molar-refractivity contribution < 1.29 is 4.52 Å². The molecule has 0 aliphatic rings. The first kappa shape index (κ1) is 8.93. The molecule has 14 heavy (non-hydrogen) atoms. The maximum absolute atomic E-state index is 5.70. The Morgan fingerprint density at radius 3 is 2.57 bits per heavy atom. The summed E-state index contributed by atoms with van der Waals surface area (Å²) >= 11 is 0. The van der Waals surface area contributed by atoms with Crippen molar-refractivity contribution in [2.24, 2.45) is 0 Å². The van der Waals surface area contributed by atoms with Gasteiger partial charge in [-0.2, -0.15) is 0 Å². The van der Waals surface area contributed by atoms with Crippen molar-refractivity contribution in [3.8, 4) is 0 Å². The summed E-state index contributed by atoms with van der Waals surface area (Å²) in [7, 11) is 0. The molecule has 0 saturated carbocycles. The van der Waals surface area contributed by atoms with Crippen LogP contribution in [0.3, 0.4) is 0 Å². The molecular weight excluding hydrogens is 180 g/mol. The van der Waals surface area contributed by atoms with Crippen LogP contribution in [0.4, 0.5) is 5.82 Å². The lowest BCUT2D eigenvalue weighted by Crippen LogP contribution is -1.97. The van der Waals surface area contributed by atoms with Crippen LogP contribution in [0.5, 0.6) is 0 Å². The molecule has 74 valence electrons. The molecule has 2 aromatic heterocycles. The summed E-state index contributed by atoms with van der Waals surface area (Å²) in [4.78, 5) is 8.29. The second kappa shape index (κ2) is 2.94. The number of hydrogen-bond acceptors (Lipinski definition) is 5. The molecule has 2 N–H and O–H groups in total. The number of anilines is 1. The van der Waals surface area contributed by atoms with Gasteiger partial charge in [0.1, 0.15) is 11.3 Å². The first-order chi connectivity index (χ1) is 6.59. The van der Waals surface area contributed by atoms with Gasteiger partial charge in [-0.25, -0.2) is 9.97 Å². The molecule has 0 aliphatic heterocycles. The van der Waals surface area contributed by atoms with Crippen molar-refractivity contribution in [1.82, 2.24) is 15.1 Å². The van der Waals surface area contributed by atoms with Crippen molar-refractivity contribution in [2.45, 2.75) is 26.7 Å². The zero-order valence-corrected chi connectivity index (χ0v) is 8.40. The Hall–Kier alpha value is -1.65. The fraction of sp³-hybridized carbons (Fsp3) is 0.444. The molecule has 2 rings (SSSR count). The zero-order valence-electron chi connectivity index (χ0n) is 8.40. The van der Waals surface area contributed by atoms with Gasteiger partial charge in [0.05, 0.1) is 0 Å². The molecular formula is C9H12N4O. The van der Waals surface area contributed by atoms with Gasteiger partial charge >= 0.3 is 0 Å². The van der Waals surface area contributed by atoms with Crippen LogP contribution < -0.4 is 5.73 Å². The fourth-order valence-corrected chi connectivity index (χ4v) is 1.37. The Bertz CT molecular complexity index is 475. The van der Waals surface area contributed by atoms with E-state index in [9.17, 15) is 0 Å². The van der Waals surface area contributed by atoms with E-state index in [1.54, 1.807) is 6.92 Å². The second-order valence-electron chi connectivity index (χ2n) is 3.55. The van der Waals surface area contributed by atoms with Crippen LogP contribution in [-0.2, 0) is 0 Å². The summed E-state index contributed by atoms with van der Waals surface area (Å²) in [5.41, 5.74) is 6.98. The van der Waals surface area contributed by atoms with E-state index in [0.717, 1.165) is 11.3 Å². The van der Waals surface area contributed by atoms with Gasteiger partial charge in [-0.1, -0.05) is 19.0 Å². The lowest BCUT2D eigenvalue weighted by Gasteiger charge is -1.99. The minimum atomic E-state index is 0.244. The lowest BCUT2D eigenvalue weighted by atomic mass is 10.1. The number of aryl methyl sites for hydroxylation is 1. The Balaban J connectivity index is 2.78. The Morgan fingerprint density at radius 2 is 1.93 bits per heavy atom. The minimum Gasteiger partial charge on any atom is -0.382 e. The van der Waals surface area contributed by atoms with Crippen LogP contribution in [-0.4, -0.2) is 15.1 Å². The summed E-state index contributed by atoms with van der Waals surface area (Å²) < 4.78 is 5.18. The van der Waals surface area contributed by atoms with Crippen LogP contribution >= 0.6 is 0 Å². The quantitative estimate of drug-likeness (QED) is 0.743. The third kappa shape index (κ3) is 1.21. The second-order valence-corrected chi connectivity index (χ2v) is 3.55. The number of rotatable bonds is 1. The number of nitrogens with zero attached hydrogens (tertiary/aromatic N) is 3. The smallest absolute Gasteiger partial charge is 0.174 e. The standard InChI is InChI=1S/C9H12N4O/c1-4(2)8-6-7(13-14-8)9(10)12-5(3)11-6/h4H,1-3H3,(H2,10,11,12). The highest BCUT2D eigenvalue weighted by Gasteiger charge is 2.16. The Kier molecular flexibility index (Phi) is 1.87. The van der Waals surface area contributed by atoms with Crippen molar-refractivity contribution in [3.63, 3.8) is 0 Å².